The lowest BCUT2D eigenvalue weighted by molar-refractivity contribution is -0.121. The summed E-state index contributed by atoms with van der Waals surface area (Å²) < 4.78 is 0. The van der Waals surface area contributed by atoms with E-state index in [-0.39, 0.29) is 11.8 Å². The summed E-state index contributed by atoms with van der Waals surface area (Å²) in [4.78, 5) is 13.3. The van der Waals surface area contributed by atoms with Gasteiger partial charge in [-0.05, 0) is 18.2 Å². The van der Waals surface area contributed by atoms with Crippen molar-refractivity contribution in [2.45, 2.75) is 13.8 Å². The standard InChI is InChI=1S/C12H14N2O/c1-9(2)12(15)14(3)11-6-4-5-10(7-11)8-13/h4-7,9H,1-3H3. The van der Waals surface area contributed by atoms with Crippen molar-refractivity contribution in [1.82, 2.24) is 0 Å². The van der Waals surface area contributed by atoms with Crippen LogP contribution in [0.5, 0.6) is 0 Å². The fraction of sp³-hybridized carbons (Fsp3) is 0.333. The molecule has 0 radical (unpaired) electrons. The van der Waals surface area contributed by atoms with Gasteiger partial charge in [-0.3, -0.25) is 4.79 Å². The molecule has 0 aliphatic carbocycles. The molecule has 15 heavy (non-hydrogen) atoms. The zero-order valence-electron chi connectivity index (χ0n) is 9.19. The van der Waals surface area contributed by atoms with E-state index >= 15 is 0 Å². The smallest absolute Gasteiger partial charge is 0.229 e. The van der Waals surface area contributed by atoms with E-state index in [9.17, 15) is 4.79 Å². The van der Waals surface area contributed by atoms with E-state index in [4.69, 9.17) is 5.26 Å². The summed E-state index contributed by atoms with van der Waals surface area (Å²) in [7, 11) is 1.72. The number of rotatable bonds is 2. The van der Waals surface area contributed by atoms with Gasteiger partial charge in [-0.15, -0.1) is 0 Å². The minimum atomic E-state index is -0.0410. The Hall–Kier alpha value is -1.82. The molecule has 78 valence electrons. The fourth-order valence-electron chi connectivity index (χ4n) is 1.30. The number of nitrogens with zero attached hydrogens (tertiary/aromatic N) is 2. The molecular formula is C12H14N2O. The van der Waals surface area contributed by atoms with Crippen molar-refractivity contribution in [3.8, 4) is 6.07 Å². The third-order valence-electron chi connectivity index (χ3n) is 2.19. The summed E-state index contributed by atoms with van der Waals surface area (Å²) in [5.41, 5.74) is 1.32. The Morgan fingerprint density at radius 1 is 1.47 bits per heavy atom. The van der Waals surface area contributed by atoms with Crippen LogP contribution in [-0.2, 0) is 4.79 Å². The van der Waals surface area contributed by atoms with Crippen molar-refractivity contribution < 1.29 is 4.79 Å². The third-order valence-corrected chi connectivity index (χ3v) is 2.19. The Kier molecular flexibility index (Phi) is 3.46. The first-order chi connectivity index (χ1) is 7.06. The van der Waals surface area contributed by atoms with E-state index in [1.807, 2.05) is 19.9 Å². The van der Waals surface area contributed by atoms with Crippen LogP contribution in [0.4, 0.5) is 5.69 Å². The Morgan fingerprint density at radius 3 is 2.67 bits per heavy atom. The molecule has 0 spiro atoms. The van der Waals surface area contributed by atoms with Gasteiger partial charge in [0.25, 0.3) is 0 Å². The van der Waals surface area contributed by atoms with Crippen LogP contribution in [0.2, 0.25) is 0 Å². The van der Waals surface area contributed by atoms with Crippen LogP contribution in [0, 0.1) is 17.2 Å². The molecule has 0 heterocycles. The maximum atomic E-state index is 11.7. The first-order valence-electron chi connectivity index (χ1n) is 4.84. The number of benzene rings is 1. The molecule has 0 fully saturated rings. The molecule has 0 unspecified atom stereocenters. The second-order valence-electron chi connectivity index (χ2n) is 3.71. The van der Waals surface area contributed by atoms with Crippen LogP contribution in [0.3, 0.4) is 0 Å². The lowest BCUT2D eigenvalue weighted by atomic mass is 10.1. The van der Waals surface area contributed by atoms with Crippen LogP contribution in [0.25, 0.3) is 0 Å². The van der Waals surface area contributed by atoms with E-state index in [2.05, 4.69) is 6.07 Å². The molecule has 3 heteroatoms. The van der Waals surface area contributed by atoms with E-state index in [1.165, 1.54) is 0 Å². The Bertz CT molecular complexity index is 404. The van der Waals surface area contributed by atoms with Crippen molar-refractivity contribution >= 4 is 11.6 Å². The second kappa shape index (κ2) is 4.61. The number of hydrogen-bond donors (Lipinski definition) is 0. The van der Waals surface area contributed by atoms with Gasteiger partial charge in [-0.1, -0.05) is 19.9 Å². The predicted molar refractivity (Wildman–Crippen MR) is 59.4 cm³/mol. The average Bonchev–Trinajstić information content (AvgIpc) is 2.27. The Morgan fingerprint density at radius 2 is 2.13 bits per heavy atom. The van der Waals surface area contributed by atoms with Gasteiger partial charge in [0.05, 0.1) is 11.6 Å². The molecule has 0 saturated carbocycles. The van der Waals surface area contributed by atoms with E-state index < -0.39 is 0 Å². The molecule has 1 aromatic carbocycles. The molecule has 0 atom stereocenters. The maximum absolute atomic E-state index is 11.7. The second-order valence-corrected chi connectivity index (χ2v) is 3.71. The van der Waals surface area contributed by atoms with Gasteiger partial charge in [-0.2, -0.15) is 5.26 Å². The van der Waals surface area contributed by atoms with Crippen LogP contribution >= 0.6 is 0 Å². The number of hydrogen-bond acceptors (Lipinski definition) is 2. The van der Waals surface area contributed by atoms with Crippen LogP contribution in [0.15, 0.2) is 24.3 Å². The summed E-state index contributed by atoms with van der Waals surface area (Å²) in [5.74, 6) is 0.00540. The van der Waals surface area contributed by atoms with Crippen molar-refractivity contribution in [3.63, 3.8) is 0 Å². The lowest BCUT2D eigenvalue weighted by Crippen LogP contribution is -2.30. The molecule has 1 amide bonds. The fourth-order valence-corrected chi connectivity index (χ4v) is 1.30. The summed E-state index contributed by atoms with van der Waals surface area (Å²) >= 11 is 0. The highest BCUT2D eigenvalue weighted by Crippen LogP contribution is 2.16. The average molecular weight is 202 g/mol. The number of nitriles is 1. The van der Waals surface area contributed by atoms with Crippen molar-refractivity contribution in [2.75, 3.05) is 11.9 Å². The van der Waals surface area contributed by atoms with E-state index in [0.29, 0.717) is 5.56 Å². The van der Waals surface area contributed by atoms with Gasteiger partial charge in [0.1, 0.15) is 0 Å². The van der Waals surface area contributed by atoms with Crippen LogP contribution in [-0.4, -0.2) is 13.0 Å². The monoisotopic (exact) mass is 202 g/mol. The Balaban J connectivity index is 2.97. The molecule has 0 saturated heterocycles. The largest absolute Gasteiger partial charge is 0.315 e. The SMILES string of the molecule is CC(C)C(=O)N(C)c1cccc(C#N)c1. The topological polar surface area (TPSA) is 44.1 Å². The lowest BCUT2D eigenvalue weighted by Gasteiger charge is -2.19. The zero-order valence-corrected chi connectivity index (χ0v) is 9.19. The van der Waals surface area contributed by atoms with Crippen LogP contribution < -0.4 is 4.90 Å². The summed E-state index contributed by atoms with van der Waals surface area (Å²) in [5, 5.41) is 8.74. The van der Waals surface area contributed by atoms with E-state index in [0.717, 1.165) is 5.69 Å². The van der Waals surface area contributed by atoms with Gasteiger partial charge in [0.15, 0.2) is 0 Å². The van der Waals surface area contributed by atoms with Crippen molar-refractivity contribution in [3.05, 3.63) is 29.8 Å². The normalized spacial score (nSPS) is 9.80. The molecule has 1 rings (SSSR count). The van der Waals surface area contributed by atoms with Gasteiger partial charge in [-0.25, -0.2) is 0 Å². The zero-order chi connectivity index (χ0) is 11.4. The number of carbonyl (C=O) groups excluding carboxylic acids is 1. The molecule has 0 aliphatic rings. The number of carbonyl (C=O) groups is 1. The predicted octanol–water partition coefficient (Wildman–Crippen LogP) is 2.18. The van der Waals surface area contributed by atoms with Gasteiger partial charge < -0.3 is 4.90 Å². The molecule has 0 aliphatic heterocycles. The molecule has 0 bridgehead atoms. The molecule has 1 aromatic rings. The molecular weight excluding hydrogens is 188 g/mol. The molecule has 3 nitrogen and oxygen atoms in total. The summed E-state index contributed by atoms with van der Waals surface area (Å²) in [6, 6.07) is 9.08. The minimum absolute atomic E-state index is 0.0410. The van der Waals surface area contributed by atoms with Crippen molar-refractivity contribution in [1.29, 1.82) is 5.26 Å². The quantitative estimate of drug-likeness (QED) is 0.737. The third kappa shape index (κ3) is 2.57. The van der Waals surface area contributed by atoms with Crippen molar-refractivity contribution in [2.24, 2.45) is 5.92 Å². The van der Waals surface area contributed by atoms with Gasteiger partial charge in [0, 0.05) is 18.7 Å². The Labute approximate surface area is 89.9 Å². The van der Waals surface area contributed by atoms with Gasteiger partial charge >= 0.3 is 0 Å². The van der Waals surface area contributed by atoms with Gasteiger partial charge in [0.2, 0.25) is 5.91 Å². The summed E-state index contributed by atoms with van der Waals surface area (Å²) in [6.07, 6.45) is 0. The highest BCUT2D eigenvalue weighted by Gasteiger charge is 2.14. The highest BCUT2D eigenvalue weighted by atomic mass is 16.2. The number of amides is 1. The first-order valence-corrected chi connectivity index (χ1v) is 4.84. The van der Waals surface area contributed by atoms with E-state index in [1.54, 1.807) is 30.1 Å². The molecule has 0 N–H and O–H groups in total. The highest BCUT2D eigenvalue weighted by molar-refractivity contribution is 5.94. The maximum Gasteiger partial charge on any atom is 0.229 e. The number of anilines is 1. The summed E-state index contributed by atoms with van der Waals surface area (Å²) in [6.45, 7) is 3.71. The minimum Gasteiger partial charge on any atom is -0.315 e. The molecule has 0 aromatic heterocycles. The van der Waals surface area contributed by atoms with Crippen LogP contribution in [0.1, 0.15) is 19.4 Å². The first kappa shape index (κ1) is 11.3.